The van der Waals surface area contributed by atoms with E-state index in [1.807, 2.05) is 78.1 Å². The summed E-state index contributed by atoms with van der Waals surface area (Å²) in [6.45, 7) is 12.2. The zero-order valence-electron chi connectivity index (χ0n) is 21.4. The monoisotopic (exact) mass is 494 g/mol. The van der Waals surface area contributed by atoms with Crippen molar-refractivity contribution in [2.75, 3.05) is 23.9 Å². The van der Waals surface area contributed by atoms with E-state index in [4.69, 9.17) is 16.5 Å². The molecule has 9 heteroatoms. The molecule has 0 saturated heterocycles. The summed E-state index contributed by atoms with van der Waals surface area (Å²) in [6.07, 6.45) is 1.90. The summed E-state index contributed by atoms with van der Waals surface area (Å²) in [5.74, 6) is -0.749. The number of amides is 2. The predicted octanol–water partition coefficient (Wildman–Crippen LogP) is 4.32. The number of carbonyl (C=O) groups excluding carboxylic acids is 2. The molecule has 8 nitrogen and oxygen atoms in total. The quantitative estimate of drug-likeness (QED) is 0.227. The predicted molar refractivity (Wildman–Crippen MR) is 145 cm³/mol. The lowest BCUT2D eigenvalue weighted by Gasteiger charge is -2.24. The van der Waals surface area contributed by atoms with E-state index in [0.717, 1.165) is 11.1 Å². The van der Waals surface area contributed by atoms with Gasteiger partial charge >= 0.3 is 0 Å². The fraction of sp³-hybridized carbons (Fsp3) is 0.385. The van der Waals surface area contributed by atoms with E-state index in [-0.39, 0.29) is 34.7 Å². The van der Waals surface area contributed by atoms with Gasteiger partial charge in [0.05, 0.1) is 34.4 Å². The van der Waals surface area contributed by atoms with Gasteiger partial charge in [0.15, 0.2) is 5.16 Å². The number of nitrogen functional groups attached to an aromatic ring is 1. The number of nitrogens with zero attached hydrogens (tertiary/aromatic N) is 2. The van der Waals surface area contributed by atoms with Crippen LogP contribution >= 0.6 is 11.8 Å². The van der Waals surface area contributed by atoms with Gasteiger partial charge in [-0.2, -0.15) is 0 Å². The average molecular weight is 495 g/mol. The van der Waals surface area contributed by atoms with E-state index >= 15 is 0 Å². The Morgan fingerprint density at radius 2 is 1.74 bits per heavy atom. The molecule has 0 aliphatic rings. The molecule has 3 rings (SSSR count). The lowest BCUT2D eigenvalue weighted by Crippen LogP contribution is -2.41. The number of hydrogen-bond acceptors (Lipinski definition) is 7. The van der Waals surface area contributed by atoms with Crippen molar-refractivity contribution >= 4 is 45.9 Å². The van der Waals surface area contributed by atoms with Gasteiger partial charge in [0, 0.05) is 16.8 Å². The van der Waals surface area contributed by atoms with Gasteiger partial charge in [0.1, 0.15) is 0 Å². The molecule has 0 aliphatic carbocycles. The molecule has 0 spiro atoms. The first-order valence-corrected chi connectivity index (χ1v) is 12.6. The maximum atomic E-state index is 12.5. The molecule has 2 amide bonds. The lowest BCUT2D eigenvalue weighted by molar-refractivity contribution is -0.115. The van der Waals surface area contributed by atoms with Gasteiger partial charge in [0.2, 0.25) is 5.91 Å². The number of carbonyl (C=O) groups is 2. The number of rotatable bonds is 6. The average Bonchev–Trinajstić information content (AvgIpc) is 2.75. The minimum Gasteiger partial charge on any atom is -0.397 e. The highest BCUT2D eigenvalue weighted by molar-refractivity contribution is 7.98. The Bertz CT molecular complexity index is 1290. The summed E-state index contributed by atoms with van der Waals surface area (Å²) < 4.78 is 0. The summed E-state index contributed by atoms with van der Waals surface area (Å²) >= 11 is 1.41. The number of benzene rings is 2. The maximum Gasteiger partial charge on any atom is 0.251 e. The van der Waals surface area contributed by atoms with E-state index in [9.17, 15) is 9.59 Å². The number of hydrogen-bond donors (Lipinski definition) is 4. The maximum absolute atomic E-state index is 12.5. The first kappa shape index (κ1) is 26.4. The molecular weight excluding hydrogens is 460 g/mol. The van der Waals surface area contributed by atoms with Crippen LogP contribution in [0.4, 0.5) is 11.4 Å². The number of nitrogens with one attached hydrogen (secondary N) is 2. The van der Waals surface area contributed by atoms with Gasteiger partial charge in [-0.1, -0.05) is 44.7 Å². The first-order chi connectivity index (χ1) is 16.2. The minimum absolute atomic E-state index is 0.153. The van der Waals surface area contributed by atoms with Crippen LogP contribution in [0.2, 0.25) is 0 Å². The van der Waals surface area contributed by atoms with E-state index in [0.29, 0.717) is 27.4 Å². The zero-order valence-corrected chi connectivity index (χ0v) is 22.2. The number of fused-ring (bicyclic) bond motifs is 1. The molecule has 0 fully saturated rings. The fourth-order valence-corrected chi connectivity index (χ4v) is 4.13. The molecule has 3 aromatic rings. The van der Waals surface area contributed by atoms with Crippen molar-refractivity contribution in [1.29, 1.82) is 0 Å². The summed E-state index contributed by atoms with van der Waals surface area (Å²) in [4.78, 5) is 34.3. The van der Waals surface area contributed by atoms with Gasteiger partial charge in [0.25, 0.3) is 5.91 Å². The van der Waals surface area contributed by atoms with Crippen LogP contribution in [0.1, 0.15) is 57.5 Å². The van der Waals surface area contributed by atoms with Gasteiger partial charge in [-0.3, -0.25) is 9.59 Å². The van der Waals surface area contributed by atoms with E-state index in [1.54, 1.807) is 0 Å². The molecule has 0 unspecified atom stereocenters. The molecule has 0 saturated carbocycles. The van der Waals surface area contributed by atoms with Crippen LogP contribution in [0.3, 0.4) is 0 Å². The van der Waals surface area contributed by atoms with Crippen molar-refractivity contribution in [3.8, 4) is 11.3 Å². The lowest BCUT2D eigenvalue weighted by atomic mass is 9.81. The number of thioether (sulfide) groups is 1. The van der Waals surface area contributed by atoms with Gasteiger partial charge < -0.3 is 22.1 Å². The fourth-order valence-electron chi connectivity index (χ4n) is 3.76. The largest absolute Gasteiger partial charge is 0.397 e. The SMILES string of the molecule is CSc1nc(-c2cccc(NC(=O)CNC(C)(C)C)c2)c2c(N)c(C(N)=O)c(C(C)(C)C)cc2n1. The summed E-state index contributed by atoms with van der Waals surface area (Å²) in [7, 11) is 0. The summed E-state index contributed by atoms with van der Waals surface area (Å²) in [5.41, 5.74) is 15.6. The van der Waals surface area contributed by atoms with Crippen molar-refractivity contribution in [2.45, 2.75) is 57.7 Å². The molecule has 0 radical (unpaired) electrons. The first-order valence-electron chi connectivity index (χ1n) is 11.3. The molecule has 6 N–H and O–H groups in total. The van der Waals surface area contributed by atoms with Crippen LogP contribution in [0, 0.1) is 0 Å². The van der Waals surface area contributed by atoms with Crippen LogP contribution in [-0.2, 0) is 10.2 Å². The highest BCUT2D eigenvalue weighted by Crippen LogP contribution is 2.39. The van der Waals surface area contributed by atoms with Crippen LogP contribution < -0.4 is 22.1 Å². The Morgan fingerprint density at radius 1 is 1.06 bits per heavy atom. The molecule has 186 valence electrons. The highest BCUT2D eigenvalue weighted by Gasteiger charge is 2.27. The highest BCUT2D eigenvalue weighted by atomic mass is 32.2. The van der Waals surface area contributed by atoms with E-state index < -0.39 is 5.91 Å². The molecule has 2 aromatic carbocycles. The van der Waals surface area contributed by atoms with Crippen LogP contribution in [-0.4, -0.2) is 40.1 Å². The third kappa shape index (κ3) is 6.10. The third-order valence-electron chi connectivity index (χ3n) is 5.44. The van der Waals surface area contributed by atoms with Crippen molar-refractivity contribution < 1.29 is 9.59 Å². The Hall–Kier alpha value is -3.17. The van der Waals surface area contributed by atoms with Crippen LogP contribution in [0.15, 0.2) is 35.5 Å². The Labute approximate surface area is 210 Å². The van der Waals surface area contributed by atoms with Gasteiger partial charge in [-0.15, -0.1) is 0 Å². The number of anilines is 2. The molecule has 0 aliphatic heterocycles. The summed E-state index contributed by atoms with van der Waals surface area (Å²) in [5, 5.41) is 7.22. The minimum atomic E-state index is -0.596. The Kier molecular flexibility index (Phi) is 7.42. The second-order valence-corrected chi connectivity index (χ2v) is 11.3. The van der Waals surface area contributed by atoms with Gasteiger partial charge in [-0.25, -0.2) is 9.97 Å². The standard InChI is InChI=1S/C26H34N6O2S/c1-25(2,3)16-12-17-20(21(27)19(16)23(28)34)22(32-24(31-17)35-7)14-9-8-10-15(11-14)30-18(33)13-29-26(4,5)6/h8-12,29H,13,27H2,1-7H3,(H2,28,34)(H,30,33). The smallest absolute Gasteiger partial charge is 0.251 e. The van der Waals surface area contributed by atoms with Gasteiger partial charge in [-0.05, 0) is 56.2 Å². The molecule has 1 aromatic heterocycles. The molecular formula is C26H34N6O2S. The molecule has 0 bridgehead atoms. The normalized spacial score (nSPS) is 12.1. The van der Waals surface area contributed by atoms with E-state index in [2.05, 4.69) is 15.6 Å². The number of primary amides is 1. The van der Waals surface area contributed by atoms with Crippen molar-refractivity contribution in [1.82, 2.24) is 15.3 Å². The van der Waals surface area contributed by atoms with Crippen molar-refractivity contribution in [2.24, 2.45) is 5.73 Å². The Morgan fingerprint density at radius 3 is 2.31 bits per heavy atom. The zero-order chi connectivity index (χ0) is 26.1. The Balaban J connectivity index is 2.17. The van der Waals surface area contributed by atoms with E-state index in [1.165, 1.54) is 11.8 Å². The molecule has 1 heterocycles. The van der Waals surface area contributed by atoms with Crippen LogP contribution in [0.25, 0.3) is 22.2 Å². The summed E-state index contributed by atoms with van der Waals surface area (Å²) in [6, 6.07) is 9.25. The third-order valence-corrected chi connectivity index (χ3v) is 5.99. The second-order valence-electron chi connectivity index (χ2n) is 10.5. The second kappa shape index (κ2) is 9.83. The molecule has 0 atom stereocenters. The van der Waals surface area contributed by atoms with Crippen molar-refractivity contribution in [3.05, 3.63) is 41.5 Å². The van der Waals surface area contributed by atoms with Crippen LogP contribution in [0.5, 0.6) is 0 Å². The van der Waals surface area contributed by atoms with Crippen molar-refractivity contribution in [3.63, 3.8) is 0 Å². The topological polar surface area (TPSA) is 136 Å². The number of aromatic nitrogens is 2. The molecule has 35 heavy (non-hydrogen) atoms. The number of nitrogens with two attached hydrogens (primary N) is 2.